The molecule has 2 N–H and O–H groups in total. The number of carboxylic acids is 1. The molecule has 0 aromatic heterocycles. The SMILES string of the molecule is CCC(=O)N1CCC[C@@]2(CN(Cc3ccccc3C(=O)O)CC[C@H]2O)C1. The number of likely N-dealkylation sites (tertiary alicyclic amines) is 2. The van der Waals surface area contributed by atoms with Gasteiger partial charge in [0.2, 0.25) is 5.91 Å². The summed E-state index contributed by atoms with van der Waals surface area (Å²) in [6.45, 7) is 5.21. The van der Waals surface area contributed by atoms with E-state index in [0.717, 1.165) is 31.5 Å². The molecule has 0 radical (unpaired) electrons. The molecule has 1 aromatic carbocycles. The fourth-order valence-corrected chi connectivity index (χ4v) is 4.48. The average Bonchev–Trinajstić information content (AvgIpc) is 2.64. The molecule has 0 unspecified atom stereocenters. The van der Waals surface area contributed by atoms with Gasteiger partial charge in [-0.1, -0.05) is 25.1 Å². The van der Waals surface area contributed by atoms with Crippen molar-refractivity contribution in [1.29, 1.82) is 0 Å². The number of hydrogen-bond donors (Lipinski definition) is 2. The Morgan fingerprint density at radius 2 is 2.00 bits per heavy atom. The maximum absolute atomic E-state index is 12.2. The molecular weight excluding hydrogens is 332 g/mol. The van der Waals surface area contributed by atoms with E-state index in [1.165, 1.54) is 0 Å². The minimum atomic E-state index is -0.912. The number of rotatable bonds is 4. The third-order valence-corrected chi connectivity index (χ3v) is 5.87. The van der Waals surface area contributed by atoms with E-state index in [1.807, 2.05) is 24.0 Å². The van der Waals surface area contributed by atoms with Crippen LogP contribution in [0.4, 0.5) is 0 Å². The van der Waals surface area contributed by atoms with Crippen molar-refractivity contribution >= 4 is 11.9 Å². The van der Waals surface area contributed by atoms with Crippen molar-refractivity contribution in [1.82, 2.24) is 9.80 Å². The Balaban J connectivity index is 1.76. The molecule has 2 aliphatic rings. The van der Waals surface area contributed by atoms with E-state index in [4.69, 9.17) is 0 Å². The Morgan fingerprint density at radius 1 is 1.23 bits per heavy atom. The molecule has 0 bridgehead atoms. The number of aliphatic hydroxyl groups is 1. The molecule has 1 amide bonds. The molecule has 6 heteroatoms. The van der Waals surface area contributed by atoms with Crippen LogP contribution in [0.15, 0.2) is 24.3 Å². The van der Waals surface area contributed by atoms with Crippen LogP contribution in [-0.4, -0.2) is 64.2 Å². The van der Waals surface area contributed by atoms with Crippen LogP contribution in [-0.2, 0) is 11.3 Å². The summed E-state index contributed by atoms with van der Waals surface area (Å²) in [6.07, 6.45) is 2.53. The van der Waals surface area contributed by atoms with Gasteiger partial charge in [-0.3, -0.25) is 9.69 Å². The lowest BCUT2D eigenvalue weighted by Crippen LogP contribution is -2.59. The van der Waals surface area contributed by atoms with E-state index >= 15 is 0 Å². The Bertz CT molecular complexity index is 678. The van der Waals surface area contributed by atoms with Crippen molar-refractivity contribution in [3.63, 3.8) is 0 Å². The molecule has 3 rings (SSSR count). The van der Waals surface area contributed by atoms with Crippen molar-refractivity contribution in [2.24, 2.45) is 5.41 Å². The topological polar surface area (TPSA) is 81.1 Å². The minimum Gasteiger partial charge on any atom is -0.478 e. The summed E-state index contributed by atoms with van der Waals surface area (Å²) in [5, 5.41) is 20.1. The number of carbonyl (C=O) groups is 2. The van der Waals surface area contributed by atoms with Gasteiger partial charge in [-0.05, 0) is 30.9 Å². The first-order valence-corrected chi connectivity index (χ1v) is 9.44. The van der Waals surface area contributed by atoms with Crippen LogP contribution in [0.2, 0.25) is 0 Å². The highest BCUT2D eigenvalue weighted by atomic mass is 16.4. The van der Waals surface area contributed by atoms with E-state index in [-0.39, 0.29) is 11.3 Å². The van der Waals surface area contributed by atoms with Crippen molar-refractivity contribution in [2.45, 2.75) is 45.3 Å². The fraction of sp³-hybridized carbons (Fsp3) is 0.600. The third-order valence-electron chi connectivity index (χ3n) is 5.87. The second-order valence-electron chi connectivity index (χ2n) is 7.61. The molecule has 2 fully saturated rings. The molecular formula is C20H28N2O4. The molecule has 6 nitrogen and oxygen atoms in total. The summed E-state index contributed by atoms with van der Waals surface area (Å²) in [7, 11) is 0. The summed E-state index contributed by atoms with van der Waals surface area (Å²) in [6, 6.07) is 7.09. The monoisotopic (exact) mass is 360 g/mol. The van der Waals surface area contributed by atoms with Crippen LogP contribution >= 0.6 is 0 Å². The third kappa shape index (κ3) is 3.76. The van der Waals surface area contributed by atoms with Gasteiger partial charge in [-0.2, -0.15) is 0 Å². The largest absolute Gasteiger partial charge is 0.478 e. The van der Waals surface area contributed by atoms with Crippen LogP contribution < -0.4 is 0 Å². The zero-order valence-corrected chi connectivity index (χ0v) is 15.4. The highest BCUT2D eigenvalue weighted by molar-refractivity contribution is 5.89. The van der Waals surface area contributed by atoms with E-state index in [0.29, 0.717) is 38.0 Å². The molecule has 1 aromatic rings. The van der Waals surface area contributed by atoms with Crippen LogP contribution in [0.25, 0.3) is 0 Å². The number of benzene rings is 1. The second kappa shape index (κ2) is 7.76. The van der Waals surface area contributed by atoms with Gasteiger partial charge < -0.3 is 15.1 Å². The Labute approximate surface area is 154 Å². The maximum atomic E-state index is 12.2. The van der Waals surface area contributed by atoms with Crippen LogP contribution in [0.5, 0.6) is 0 Å². The van der Waals surface area contributed by atoms with Crippen LogP contribution in [0.3, 0.4) is 0 Å². The molecule has 2 heterocycles. The first kappa shape index (κ1) is 18.9. The maximum Gasteiger partial charge on any atom is 0.336 e. The summed E-state index contributed by atoms with van der Waals surface area (Å²) in [5.74, 6) is -0.769. The minimum absolute atomic E-state index is 0.143. The Hall–Kier alpha value is -1.92. The van der Waals surface area contributed by atoms with E-state index in [1.54, 1.807) is 12.1 Å². The summed E-state index contributed by atoms with van der Waals surface area (Å²) in [4.78, 5) is 27.7. The zero-order valence-electron chi connectivity index (χ0n) is 15.4. The zero-order chi connectivity index (χ0) is 18.7. The predicted molar refractivity (Wildman–Crippen MR) is 97.8 cm³/mol. The Kier molecular flexibility index (Phi) is 5.63. The van der Waals surface area contributed by atoms with Gasteiger partial charge in [0.15, 0.2) is 0 Å². The number of piperidine rings is 2. The molecule has 0 saturated carbocycles. The number of aromatic carboxylic acids is 1. The molecule has 26 heavy (non-hydrogen) atoms. The second-order valence-corrected chi connectivity index (χ2v) is 7.61. The van der Waals surface area contributed by atoms with E-state index in [2.05, 4.69) is 4.90 Å². The molecule has 142 valence electrons. The lowest BCUT2D eigenvalue weighted by Gasteiger charge is -2.51. The standard InChI is InChI=1S/C20H28N2O4/c1-2-18(24)22-10-5-9-20(14-22)13-21(11-8-17(20)23)12-15-6-3-4-7-16(15)19(25)26/h3-4,6-7,17,23H,2,5,8-14H2,1H3,(H,25,26)/t17-,20-/m1/s1. The predicted octanol–water partition coefficient (Wildman–Crippen LogP) is 1.97. The summed E-state index contributed by atoms with van der Waals surface area (Å²) >= 11 is 0. The molecule has 1 spiro atoms. The number of carboxylic acid groups (broad SMARTS) is 1. The first-order valence-electron chi connectivity index (χ1n) is 9.44. The van der Waals surface area contributed by atoms with Crippen molar-refractivity contribution in [2.75, 3.05) is 26.2 Å². The number of amides is 1. The van der Waals surface area contributed by atoms with Crippen LogP contribution in [0, 0.1) is 5.41 Å². The van der Waals surface area contributed by atoms with Gasteiger partial charge in [0.05, 0.1) is 11.7 Å². The molecule has 0 aliphatic carbocycles. The van der Waals surface area contributed by atoms with Crippen LogP contribution in [0.1, 0.15) is 48.5 Å². The fourth-order valence-electron chi connectivity index (χ4n) is 4.48. The van der Waals surface area contributed by atoms with Gasteiger partial charge in [0, 0.05) is 44.6 Å². The summed E-state index contributed by atoms with van der Waals surface area (Å²) in [5.41, 5.74) is 0.822. The number of carbonyl (C=O) groups excluding carboxylic acids is 1. The van der Waals surface area contributed by atoms with Crippen molar-refractivity contribution in [3.8, 4) is 0 Å². The van der Waals surface area contributed by atoms with E-state index < -0.39 is 12.1 Å². The number of nitrogens with zero attached hydrogens (tertiary/aromatic N) is 2. The molecule has 2 aliphatic heterocycles. The lowest BCUT2D eigenvalue weighted by molar-refractivity contribution is -0.141. The van der Waals surface area contributed by atoms with Gasteiger partial charge >= 0.3 is 5.97 Å². The first-order chi connectivity index (χ1) is 12.4. The van der Waals surface area contributed by atoms with Gasteiger partial charge in [0.1, 0.15) is 0 Å². The van der Waals surface area contributed by atoms with Gasteiger partial charge in [-0.15, -0.1) is 0 Å². The normalized spacial score (nSPS) is 26.8. The summed E-state index contributed by atoms with van der Waals surface area (Å²) < 4.78 is 0. The van der Waals surface area contributed by atoms with Crippen molar-refractivity contribution in [3.05, 3.63) is 35.4 Å². The number of aliphatic hydroxyl groups excluding tert-OH is 1. The molecule has 2 atom stereocenters. The van der Waals surface area contributed by atoms with E-state index in [9.17, 15) is 19.8 Å². The van der Waals surface area contributed by atoms with Gasteiger partial charge in [-0.25, -0.2) is 4.79 Å². The van der Waals surface area contributed by atoms with Crippen molar-refractivity contribution < 1.29 is 19.8 Å². The average molecular weight is 360 g/mol. The smallest absolute Gasteiger partial charge is 0.336 e. The van der Waals surface area contributed by atoms with Gasteiger partial charge in [0.25, 0.3) is 0 Å². The highest BCUT2D eigenvalue weighted by Gasteiger charge is 2.46. The Morgan fingerprint density at radius 3 is 2.73 bits per heavy atom. The number of hydrogen-bond acceptors (Lipinski definition) is 4. The quantitative estimate of drug-likeness (QED) is 0.858. The lowest BCUT2D eigenvalue weighted by atomic mass is 9.71. The highest BCUT2D eigenvalue weighted by Crippen LogP contribution is 2.39. The molecule has 2 saturated heterocycles.